The Morgan fingerprint density at radius 2 is 1.86 bits per heavy atom. The van der Waals surface area contributed by atoms with Crippen LogP contribution in [-0.4, -0.2) is 30.4 Å². The Balaban J connectivity index is 1.81. The van der Waals surface area contributed by atoms with Gasteiger partial charge in [0.2, 0.25) is 0 Å². The average molecular weight is 389 g/mol. The van der Waals surface area contributed by atoms with E-state index < -0.39 is 0 Å². The normalized spacial score (nSPS) is 11.5. The van der Waals surface area contributed by atoms with Gasteiger partial charge < -0.3 is 9.30 Å². The van der Waals surface area contributed by atoms with Gasteiger partial charge in [0.15, 0.2) is 5.82 Å². The monoisotopic (exact) mass is 389 g/mol. The summed E-state index contributed by atoms with van der Waals surface area (Å²) in [5.41, 5.74) is 0.518. The number of ether oxygens (including phenoxy) is 1. The van der Waals surface area contributed by atoms with Crippen molar-refractivity contribution in [2.45, 2.75) is 39.8 Å². The molecule has 0 N–H and O–H groups in total. The summed E-state index contributed by atoms with van der Waals surface area (Å²) < 4.78 is 9.24. The Kier molecular flexibility index (Phi) is 4.88. The predicted molar refractivity (Wildman–Crippen MR) is 113 cm³/mol. The fraction of sp³-hybridized carbons (Fsp3) is 0.273. The Labute approximate surface area is 168 Å². The molecule has 29 heavy (non-hydrogen) atoms. The Morgan fingerprint density at radius 3 is 2.62 bits per heavy atom. The van der Waals surface area contributed by atoms with E-state index in [-0.39, 0.29) is 17.7 Å². The molecule has 0 aliphatic rings. The molecule has 4 aromatic rings. The number of benzene rings is 1. The highest BCUT2D eigenvalue weighted by Gasteiger charge is 2.13. The molecule has 0 spiro atoms. The number of fused-ring (bicyclic) bond motifs is 1. The molecule has 0 radical (unpaired) electrons. The van der Waals surface area contributed by atoms with Gasteiger partial charge in [0.1, 0.15) is 23.6 Å². The Hall–Kier alpha value is -3.48. The molecule has 1 aromatic carbocycles. The van der Waals surface area contributed by atoms with Crippen LogP contribution in [0.1, 0.15) is 33.7 Å². The first kappa shape index (κ1) is 18.9. The van der Waals surface area contributed by atoms with Gasteiger partial charge in [-0.05, 0) is 63.4 Å². The average Bonchev–Trinajstić information content (AvgIpc) is 3.19. The molecule has 0 saturated heterocycles. The van der Waals surface area contributed by atoms with E-state index in [1.165, 1.54) is 0 Å². The summed E-state index contributed by atoms with van der Waals surface area (Å²) in [5, 5.41) is 9.65. The lowest BCUT2D eigenvalue weighted by Crippen LogP contribution is -2.19. The second kappa shape index (κ2) is 7.50. The molecule has 0 aliphatic heterocycles. The van der Waals surface area contributed by atoms with E-state index in [9.17, 15) is 4.79 Å². The van der Waals surface area contributed by atoms with Crippen LogP contribution >= 0.6 is 0 Å². The minimum Gasteiger partial charge on any atom is -0.491 e. The summed E-state index contributed by atoms with van der Waals surface area (Å²) in [5.74, 6) is 1.88. The van der Waals surface area contributed by atoms with Crippen molar-refractivity contribution in [1.29, 1.82) is 0 Å². The summed E-state index contributed by atoms with van der Waals surface area (Å²) in [6.07, 6.45) is 3.47. The van der Waals surface area contributed by atoms with Crippen molar-refractivity contribution in [2.75, 3.05) is 0 Å². The maximum Gasteiger partial charge on any atom is 0.264 e. The Bertz CT molecular complexity index is 1220. The molecule has 0 fully saturated rings. The third-order valence-electron chi connectivity index (χ3n) is 4.59. The zero-order chi connectivity index (χ0) is 20.5. The highest BCUT2D eigenvalue weighted by Crippen LogP contribution is 2.21. The lowest BCUT2D eigenvalue weighted by Gasteiger charge is -2.12. The maximum atomic E-state index is 13.2. The van der Waals surface area contributed by atoms with E-state index in [4.69, 9.17) is 4.74 Å². The molecule has 0 aliphatic carbocycles. The van der Waals surface area contributed by atoms with Crippen molar-refractivity contribution >= 4 is 10.8 Å². The summed E-state index contributed by atoms with van der Waals surface area (Å²) in [6, 6.07) is 13.2. The standard InChI is InChI=1S/C22H23N5O2/c1-14(2)27-13-23-25-21(27)19-6-5-7-20(24-19)26-11-10-16-8-9-17(29-15(3)4)12-18(16)22(26)28/h5-15H,1-4H3. The predicted octanol–water partition coefficient (Wildman–Crippen LogP) is 4.01. The van der Waals surface area contributed by atoms with Gasteiger partial charge in [-0.2, -0.15) is 0 Å². The number of nitrogens with zero attached hydrogens (tertiary/aromatic N) is 5. The van der Waals surface area contributed by atoms with Gasteiger partial charge in [-0.25, -0.2) is 4.98 Å². The zero-order valence-corrected chi connectivity index (χ0v) is 16.9. The number of pyridine rings is 2. The molecule has 7 heteroatoms. The largest absolute Gasteiger partial charge is 0.491 e. The quantitative estimate of drug-likeness (QED) is 0.515. The van der Waals surface area contributed by atoms with E-state index in [2.05, 4.69) is 29.0 Å². The number of hydrogen-bond donors (Lipinski definition) is 0. The molecule has 0 atom stereocenters. The van der Waals surface area contributed by atoms with E-state index in [0.29, 0.717) is 28.5 Å². The number of hydrogen-bond acceptors (Lipinski definition) is 5. The fourth-order valence-corrected chi connectivity index (χ4v) is 3.23. The molecule has 3 aromatic heterocycles. The van der Waals surface area contributed by atoms with Gasteiger partial charge in [-0.3, -0.25) is 9.36 Å². The minimum atomic E-state index is -0.147. The van der Waals surface area contributed by atoms with Crippen molar-refractivity contribution in [3.63, 3.8) is 0 Å². The number of rotatable bonds is 5. The second-order valence-corrected chi connectivity index (χ2v) is 7.44. The van der Waals surface area contributed by atoms with Crippen molar-refractivity contribution in [2.24, 2.45) is 0 Å². The fourth-order valence-electron chi connectivity index (χ4n) is 3.23. The van der Waals surface area contributed by atoms with Crippen molar-refractivity contribution in [3.05, 3.63) is 65.3 Å². The summed E-state index contributed by atoms with van der Waals surface area (Å²) >= 11 is 0. The van der Waals surface area contributed by atoms with Gasteiger partial charge in [0, 0.05) is 12.2 Å². The molecular weight excluding hydrogens is 366 g/mol. The molecular formula is C22H23N5O2. The van der Waals surface area contributed by atoms with Gasteiger partial charge in [-0.1, -0.05) is 12.1 Å². The Morgan fingerprint density at radius 1 is 1.03 bits per heavy atom. The van der Waals surface area contributed by atoms with Crippen LogP contribution in [0, 0.1) is 0 Å². The number of aromatic nitrogens is 5. The second-order valence-electron chi connectivity index (χ2n) is 7.44. The molecule has 148 valence electrons. The first-order chi connectivity index (χ1) is 13.9. The van der Waals surface area contributed by atoms with Gasteiger partial charge in [-0.15, -0.1) is 10.2 Å². The van der Waals surface area contributed by atoms with E-state index >= 15 is 0 Å². The van der Waals surface area contributed by atoms with Crippen molar-refractivity contribution in [3.8, 4) is 23.1 Å². The summed E-state index contributed by atoms with van der Waals surface area (Å²) in [4.78, 5) is 17.8. The molecule has 0 unspecified atom stereocenters. The highest BCUT2D eigenvalue weighted by molar-refractivity contribution is 5.83. The lowest BCUT2D eigenvalue weighted by atomic mass is 10.1. The summed E-state index contributed by atoms with van der Waals surface area (Å²) in [6.45, 7) is 8.03. The minimum absolute atomic E-state index is 0.0371. The molecule has 3 heterocycles. The highest BCUT2D eigenvalue weighted by atomic mass is 16.5. The van der Waals surface area contributed by atoms with Crippen LogP contribution in [0.3, 0.4) is 0 Å². The molecule has 0 saturated carbocycles. The van der Waals surface area contributed by atoms with Crippen LogP contribution in [0.4, 0.5) is 0 Å². The maximum absolute atomic E-state index is 13.2. The van der Waals surface area contributed by atoms with Gasteiger partial charge >= 0.3 is 0 Å². The lowest BCUT2D eigenvalue weighted by molar-refractivity contribution is 0.243. The smallest absolute Gasteiger partial charge is 0.264 e. The van der Waals surface area contributed by atoms with Crippen molar-refractivity contribution < 1.29 is 4.74 Å². The zero-order valence-electron chi connectivity index (χ0n) is 16.9. The van der Waals surface area contributed by atoms with Crippen LogP contribution in [0.25, 0.3) is 28.1 Å². The first-order valence-corrected chi connectivity index (χ1v) is 9.63. The SMILES string of the molecule is CC(C)Oc1ccc2ccn(-c3cccc(-c4nncn4C(C)C)n3)c(=O)c2c1. The van der Waals surface area contributed by atoms with Gasteiger partial charge in [0.05, 0.1) is 11.5 Å². The van der Waals surface area contributed by atoms with Crippen LogP contribution in [0.2, 0.25) is 0 Å². The topological polar surface area (TPSA) is 74.8 Å². The molecule has 4 rings (SSSR count). The van der Waals surface area contributed by atoms with E-state index in [1.54, 1.807) is 29.2 Å². The van der Waals surface area contributed by atoms with E-state index in [0.717, 1.165) is 5.39 Å². The first-order valence-electron chi connectivity index (χ1n) is 9.63. The third kappa shape index (κ3) is 3.63. The molecule has 0 bridgehead atoms. The third-order valence-corrected chi connectivity index (χ3v) is 4.59. The van der Waals surface area contributed by atoms with Crippen LogP contribution in [0.15, 0.2) is 59.8 Å². The molecule has 7 nitrogen and oxygen atoms in total. The van der Waals surface area contributed by atoms with Gasteiger partial charge in [0.25, 0.3) is 5.56 Å². The summed E-state index contributed by atoms with van der Waals surface area (Å²) in [7, 11) is 0. The van der Waals surface area contributed by atoms with E-state index in [1.807, 2.05) is 48.7 Å². The van der Waals surface area contributed by atoms with Crippen LogP contribution in [-0.2, 0) is 0 Å². The van der Waals surface area contributed by atoms with Crippen LogP contribution in [0.5, 0.6) is 5.75 Å². The van der Waals surface area contributed by atoms with Crippen LogP contribution < -0.4 is 10.3 Å². The molecule has 0 amide bonds. The van der Waals surface area contributed by atoms with Crippen molar-refractivity contribution in [1.82, 2.24) is 24.3 Å².